The number of hydrogen-bond acceptors (Lipinski definition) is 5. The van der Waals surface area contributed by atoms with Crippen LogP contribution < -0.4 is 5.73 Å². The second-order valence-corrected chi connectivity index (χ2v) is 5.60. The van der Waals surface area contributed by atoms with Crippen molar-refractivity contribution in [3.05, 3.63) is 75.8 Å². The molecule has 122 valence electrons. The Morgan fingerprint density at radius 2 is 1.84 bits per heavy atom. The molecule has 2 N–H and O–H groups in total. The number of nitriles is 1. The maximum Gasteiger partial charge on any atom is 0.270 e. The van der Waals surface area contributed by atoms with Gasteiger partial charge in [0.1, 0.15) is 17.5 Å². The van der Waals surface area contributed by atoms with Crippen molar-refractivity contribution >= 4 is 11.5 Å². The molecule has 3 aromatic rings. The number of nitro benzene ring substituents is 1. The molecule has 6 nitrogen and oxygen atoms in total. The van der Waals surface area contributed by atoms with E-state index in [9.17, 15) is 15.4 Å². The van der Waals surface area contributed by atoms with Crippen LogP contribution in [0, 0.1) is 28.4 Å². The molecule has 0 aliphatic rings. The summed E-state index contributed by atoms with van der Waals surface area (Å²) in [5.74, 6) is 0.0991. The van der Waals surface area contributed by atoms with Crippen molar-refractivity contribution in [2.45, 2.75) is 6.92 Å². The van der Waals surface area contributed by atoms with Crippen LogP contribution >= 0.6 is 0 Å². The number of nitrogen functional groups attached to an aromatic ring is 1. The number of hydrogen-bond donors (Lipinski definition) is 1. The third-order valence-corrected chi connectivity index (χ3v) is 3.87. The van der Waals surface area contributed by atoms with Gasteiger partial charge >= 0.3 is 0 Å². The molecule has 6 heteroatoms. The highest BCUT2D eigenvalue weighted by atomic mass is 16.6. The van der Waals surface area contributed by atoms with E-state index in [1.807, 2.05) is 37.3 Å². The van der Waals surface area contributed by atoms with Crippen molar-refractivity contribution < 1.29 is 4.92 Å². The Kier molecular flexibility index (Phi) is 4.14. The van der Waals surface area contributed by atoms with E-state index in [0.717, 1.165) is 11.1 Å². The van der Waals surface area contributed by atoms with Gasteiger partial charge in [0.25, 0.3) is 5.69 Å². The van der Waals surface area contributed by atoms with Gasteiger partial charge in [-0.1, -0.05) is 42.0 Å². The summed E-state index contributed by atoms with van der Waals surface area (Å²) < 4.78 is 0. The highest BCUT2D eigenvalue weighted by Crippen LogP contribution is 2.32. The van der Waals surface area contributed by atoms with Crippen LogP contribution in [0.25, 0.3) is 22.4 Å². The number of nitro groups is 1. The molecule has 1 aromatic heterocycles. The van der Waals surface area contributed by atoms with E-state index in [2.05, 4.69) is 4.98 Å². The number of aryl methyl sites for hydroxylation is 1. The lowest BCUT2D eigenvalue weighted by Crippen LogP contribution is -2.00. The molecule has 2 aromatic carbocycles. The molecule has 25 heavy (non-hydrogen) atoms. The highest BCUT2D eigenvalue weighted by molar-refractivity contribution is 5.80. The second-order valence-electron chi connectivity index (χ2n) is 5.60. The van der Waals surface area contributed by atoms with Gasteiger partial charge in [-0.15, -0.1) is 0 Å². The number of nitrogens with zero attached hydrogens (tertiary/aromatic N) is 3. The smallest absolute Gasteiger partial charge is 0.270 e. The van der Waals surface area contributed by atoms with E-state index >= 15 is 0 Å². The number of aromatic nitrogens is 1. The van der Waals surface area contributed by atoms with Gasteiger partial charge in [-0.3, -0.25) is 10.1 Å². The Bertz CT molecular complexity index is 1000. The number of anilines is 1. The maximum atomic E-state index is 11.0. The van der Waals surface area contributed by atoms with Crippen LogP contribution in [-0.4, -0.2) is 9.91 Å². The lowest BCUT2D eigenvalue weighted by Gasteiger charge is -2.10. The van der Waals surface area contributed by atoms with Gasteiger partial charge in [-0.2, -0.15) is 5.26 Å². The Balaban J connectivity index is 2.21. The normalized spacial score (nSPS) is 10.2. The topological polar surface area (TPSA) is 106 Å². The molecular formula is C19H14N4O2. The Morgan fingerprint density at radius 3 is 2.48 bits per heavy atom. The minimum Gasteiger partial charge on any atom is -0.383 e. The minimum absolute atomic E-state index is 0.0475. The summed E-state index contributed by atoms with van der Waals surface area (Å²) in [5, 5.41) is 20.5. The minimum atomic E-state index is -0.471. The number of non-ortho nitro benzene ring substituents is 1. The van der Waals surface area contributed by atoms with Crippen molar-refractivity contribution in [3.63, 3.8) is 0 Å². The second kappa shape index (κ2) is 6.42. The SMILES string of the molecule is Cc1ccc(-c2cc(-c3cccc([N+](=O)[O-])c3)c(C#N)c(N)n2)cc1. The Labute approximate surface area is 144 Å². The van der Waals surface area contributed by atoms with E-state index in [1.54, 1.807) is 18.2 Å². The average Bonchev–Trinajstić information content (AvgIpc) is 2.61. The first-order valence-corrected chi connectivity index (χ1v) is 7.52. The fraction of sp³-hybridized carbons (Fsp3) is 0.0526. The first kappa shape index (κ1) is 16.1. The van der Waals surface area contributed by atoms with Crippen molar-refractivity contribution in [3.8, 4) is 28.5 Å². The van der Waals surface area contributed by atoms with Crippen molar-refractivity contribution in [2.75, 3.05) is 5.73 Å². The number of nitrogens with two attached hydrogens (primary N) is 1. The van der Waals surface area contributed by atoms with E-state index < -0.39 is 4.92 Å². The molecule has 0 fully saturated rings. The summed E-state index contributed by atoms with van der Waals surface area (Å²) in [6.45, 7) is 1.98. The molecule has 0 bridgehead atoms. The zero-order chi connectivity index (χ0) is 18.0. The zero-order valence-corrected chi connectivity index (χ0v) is 13.4. The van der Waals surface area contributed by atoms with Crippen molar-refractivity contribution in [1.82, 2.24) is 4.98 Å². The van der Waals surface area contributed by atoms with E-state index in [0.29, 0.717) is 16.8 Å². The quantitative estimate of drug-likeness (QED) is 0.575. The lowest BCUT2D eigenvalue weighted by molar-refractivity contribution is -0.384. The van der Waals surface area contributed by atoms with Gasteiger partial charge in [0, 0.05) is 23.3 Å². The summed E-state index contributed by atoms with van der Waals surface area (Å²) in [7, 11) is 0. The van der Waals surface area contributed by atoms with Gasteiger partial charge < -0.3 is 5.73 Å². The molecular weight excluding hydrogens is 316 g/mol. The molecule has 1 heterocycles. The number of rotatable bonds is 3. The summed E-state index contributed by atoms with van der Waals surface area (Å²) in [6, 6.07) is 17.6. The van der Waals surface area contributed by atoms with E-state index in [-0.39, 0.29) is 17.1 Å². The van der Waals surface area contributed by atoms with E-state index in [1.165, 1.54) is 12.1 Å². The molecule has 0 saturated carbocycles. The third-order valence-electron chi connectivity index (χ3n) is 3.87. The molecule has 0 aliphatic carbocycles. The highest BCUT2D eigenvalue weighted by Gasteiger charge is 2.15. The first-order valence-electron chi connectivity index (χ1n) is 7.52. The zero-order valence-electron chi connectivity index (χ0n) is 13.4. The molecule has 0 unspecified atom stereocenters. The fourth-order valence-corrected chi connectivity index (χ4v) is 2.57. The predicted octanol–water partition coefficient (Wildman–Crippen LogP) is 4.09. The molecule has 3 rings (SSSR count). The van der Waals surface area contributed by atoms with Crippen LogP contribution in [0.1, 0.15) is 11.1 Å². The van der Waals surface area contributed by atoms with Gasteiger partial charge in [-0.05, 0) is 18.6 Å². The van der Waals surface area contributed by atoms with Gasteiger partial charge in [-0.25, -0.2) is 4.98 Å². The standard InChI is InChI=1S/C19H14N4O2/c1-12-5-7-13(8-6-12)18-10-16(17(11-20)19(21)22-18)14-3-2-4-15(9-14)23(24)25/h2-10H,1H3,(H2,21,22). The predicted molar refractivity (Wildman–Crippen MR) is 95.6 cm³/mol. The van der Waals surface area contributed by atoms with Crippen LogP contribution in [0.15, 0.2) is 54.6 Å². The van der Waals surface area contributed by atoms with Crippen LogP contribution in [0.4, 0.5) is 11.5 Å². The largest absolute Gasteiger partial charge is 0.383 e. The maximum absolute atomic E-state index is 11.0. The van der Waals surface area contributed by atoms with E-state index in [4.69, 9.17) is 5.73 Å². The number of benzene rings is 2. The van der Waals surface area contributed by atoms with Crippen molar-refractivity contribution in [1.29, 1.82) is 5.26 Å². The molecule has 0 aliphatic heterocycles. The molecule has 0 radical (unpaired) electrons. The van der Waals surface area contributed by atoms with Crippen LogP contribution in [0.5, 0.6) is 0 Å². The monoisotopic (exact) mass is 330 g/mol. The number of pyridine rings is 1. The van der Waals surface area contributed by atoms with Crippen LogP contribution in [0.3, 0.4) is 0 Å². The van der Waals surface area contributed by atoms with Gasteiger partial charge in [0.15, 0.2) is 0 Å². The van der Waals surface area contributed by atoms with Gasteiger partial charge in [0.05, 0.1) is 10.6 Å². The summed E-state index contributed by atoms with van der Waals surface area (Å²) in [4.78, 5) is 14.9. The molecule has 0 amide bonds. The summed E-state index contributed by atoms with van der Waals surface area (Å²) >= 11 is 0. The fourth-order valence-electron chi connectivity index (χ4n) is 2.57. The Hall–Kier alpha value is -3.72. The van der Waals surface area contributed by atoms with Crippen LogP contribution in [-0.2, 0) is 0 Å². The average molecular weight is 330 g/mol. The first-order chi connectivity index (χ1) is 12.0. The molecule has 0 saturated heterocycles. The summed E-state index contributed by atoms with van der Waals surface area (Å²) in [5.41, 5.74) is 9.78. The van der Waals surface area contributed by atoms with Gasteiger partial charge in [0.2, 0.25) is 0 Å². The lowest BCUT2D eigenvalue weighted by atomic mass is 9.98. The Morgan fingerprint density at radius 1 is 1.12 bits per heavy atom. The molecule has 0 spiro atoms. The van der Waals surface area contributed by atoms with Crippen molar-refractivity contribution in [2.24, 2.45) is 0 Å². The van der Waals surface area contributed by atoms with Crippen LogP contribution in [0.2, 0.25) is 0 Å². The summed E-state index contributed by atoms with van der Waals surface area (Å²) in [6.07, 6.45) is 0. The molecule has 0 atom stereocenters. The third kappa shape index (κ3) is 3.16.